The maximum Gasteiger partial charge on any atom is 0.159 e. The number of hydrogen-bond donors (Lipinski definition) is 1. The predicted octanol–water partition coefficient (Wildman–Crippen LogP) is 15.6. The zero-order chi connectivity index (χ0) is 44.0. The number of aromatic nitrogens is 2. The summed E-state index contributed by atoms with van der Waals surface area (Å²) in [4.78, 5) is 11.0. The van der Waals surface area contributed by atoms with Crippen molar-refractivity contribution in [1.29, 1.82) is 0 Å². The summed E-state index contributed by atoms with van der Waals surface area (Å²) >= 11 is 1.85. The molecule has 1 aliphatic heterocycles. The van der Waals surface area contributed by atoms with Gasteiger partial charge < -0.3 is 14.5 Å². The first-order chi connectivity index (χ1) is 33.2. The molecular formula is C61H39N5S. The minimum absolute atomic E-state index is 0.376. The first-order valence-corrected chi connectivity index (χ1v) is 23.6. The fourth-order valence-electron chi connectivity index (χ4n) is 10.6. The second-order valence-electron chi connectivity index (χ2n) is 17.3. The van der Waals surface area contributed by atoms with E-state index in [1.807, 2.05) is 11.3 Å². The zero-order valence-corrected chi connectivity index (χ0v) is 37.0. The number of hydrogen-bond acceptors (Lipinski definition) is 4. The van der Waals surface area contributed by atoms with Crippen LogP contribution < -0.4 is 5.32 Å². The molecule has 0 fully saturated rings. The highest BCUT2D eigenvalue weighted by Crippen LogP contribution is 2.44. The highest BCUT2D eigenvalue weighted by Gasteiger charge is 2.26. The summed E-state index contributed by atoms with van der Waals surface area (Å²) in [5.41, 5.74) is 12.1. The van der Waals surface area contributed by atoms with E-state index in [9.17, 15) is 0 Å². The lowest BCUT2D eigenvalue weighted by Gasteiger charge is -2.24. The van der Waals surface area contributed by atoms with Gasteiger partial charge in [0, 0.05) is 64.1 Å². The first-order valence-electron chi connectivity index (χ1n) is 22.8. The van der Waals surface area contributed by atoms with Crippen LogP contribution >= 0.6 is 11.3 Å². The van der Waals surface area contributed by atoms with E-state index < -0.39 is 0 Å². The second-order valence-corrected chi connectivity index (χ2v) is 18.4. The van der Waals surface area contributed by atoms with Crippen molar-refractivity contribution in [3.05, 3.63) is 241 Å². The quantitative estimate of drug-likeness (QED) is 0.178. The third kappa shape index (κ3) is 5.93. The second kappa shape index (κ2) is 15.0. The summed E-state index contributed by atoms with van der Waals surface area (Å²) in [7, 11) is 0. The third-order valence-electron chi connectivity index (χ3n) is 13.6. The predicted molar refractivity (Wildman–Crippen MR) is 283 cm³/mol. The number of nitrogens with one attached hydrogen (secondary N) is 1. The van der Waals surface area contributed by atoms with Crippen LogP contribution in [0.1, 0.15) is 22.9 Å². The van der Waals surface area contributed by atoms with E-state index in [0.29, 0.717) is 5.84 Å². The van der Waals surface area contributed by atoms with Gasteiger partial charge in [-0.15, -0.1) is 11.3 Å². The standard InChI is InChI=1S/C61H39N5S/c1-3-17-38(18-4-1)59-62-60(64-61(63-59)47-27-15-30-53-57(47)45-24-10-13-29-51(45)65(53)42-21-5-2-6-22-42)41-33-34-52(49(36-41)44-26-16-32-56-58(44)46-25-11-14-31-55(46)67-56)66-50-28-12-9-23-43(50)48-35-39-19-7-8-20-40(39)37-54(48)66/h1-37,59H,(H,62,63,64). The molecule has 5 nitrogen and oxygen atoms in total. The topological polar surface area (TPSA) is 46.6 Å². The molecule has 314 valence electrons. The van der Waals surface area contributed by atoms with E-state index >= 15 is 0 Å². The van der Waals surface area contributed by atoms with Gasteiger partial charge in [-0.05, 0) is 94.7 Å². The van der Waals surface area contributed by atoms with Gasteiger partial charge in [-0.25, -0.2) is 9.98 Å². The van der Waals surface area contributed by atoms with Crippen molar-refractivity contribution >= 4 is 97.6 Å². The lowest BCUT2D eigenvalue weighted by atomic mass is 9.95. The summed E-state index contributed by atoms with van der Waals surface area (Å²) in [5, 5.41) is 13.5. The van der Waals surface area contributed by atoms with Crippen LogP contribution in [-0.4, -0.2) is 20.8 Å². The number of para-hydroxylation sites is 3. The summed E-state index contributed by atoms with van der Waals surface area (Å²) < 4.78 is 7.36. The number of nitrogens with zero attached hydrogens (tertiary/aromatic N) is 4. The van der Waals surface area contributed by atoms with Crippen molar-refractivity contribution in [2.45, 2.75) is 6.17 Å². The Hall–Kier alpha value is -8.58. The molecule has 0 bridgehead atoms. The lowest BCUT2D eigenvalue weighted by molar-refractivity contribution is 0.674. The van der Waals surface area contributed by atoms with Crippen molar-refractivity contribution in [1.82, 2.24) is 14.5 Å². The molecule has 1 N–H and O–H groups in total. The van der Waals surface area contributed by atoms with Crippen LogP contribution in [-0.2, 0) is 0 Å². The van der Waals surface area contributed by atoms with Crippen LogP contribution in [0, 0.1) is 0 Å². The van der Waals surface area contributed by atoms with Crippen LogP contribution in [0.25, 0.3) is 97.1 Å². The average Bonchev–Trinajstić information content (AvgIpc) is 4.06. The molecule has 1 atom stereocenters. The van der Waals surface area contributed by atoms with Crippen molar-refractivity contribution in [3.8, 4) is 22.5 Å². The van der Waals surface area contributed by atoms with E-state index in [1.165, 1.54) is 58.2 Å². The van der Waals surface area contributed by atoms with E-state index in [0.717, 1.165) is 61.4 Å². The van der Waals surface area contributed by atoms with Crippen molar-refractivity contribution in [2.75, 3.05) is 0 Å². The lowest BCUT2D eigenvalue weighted by Crippen LogP contribution is -2.33. The minimum Gasteiger partial charge on any atom is -0.344 e. The molecule has 4 heterocycles. The van der Waals surface area contributed by atoms with Gasteiger partial charge >= 0.3 is 0 Å². The molecule has 1 unspecified atom stereocenters. The summed E-state index contributed by atoms with van der Waals surface area (Å²) in [6.07, 6.45) is -0.376. The van der Waals surface area contributed by atoms with Gasteiger partial charge in [0.05, 0.1) is 27.8 Å². The number of rotatable bonds is 6. The Morgan fingerprint density at radius 2 is 1.06 bits per heavy atom. The Bertz CT molecular complexity index is 4190. The molecule has 3 aromatic heterocycles. The molecule has 0 amide bonds. The van der Waals surface area contributed by atoms with Crippen LogP contribution in [0.4, 0.5) is 0 Å². The highest BCUT2D eigenvalue weighted by atomic mass is 32.1. The Kier molecular flexibility index (Phi) is 8.45. The molecule has 67 heavy (non-hydrogen) atoms. The SMILES string of the molecule is c1ccc(C2N=C(c3ccc(-n4c5ccccc5c5cc6ccccc6cc54)c(-c4cccc5sc6ccccc6c45)c3)N=C(c3cccc4c3c3ccccc3n4-c3ccccc3)N2)cc1. The molecule has 0 radical (unpaired) electrons. The summed E-state index contributed by atoms with van der Waals surface area (Å²) in [5.74, 6) is 1.46. The molecule has 0 saturated carbocycles. The molecule has 6 heteroatoms. The molecule has 0 aliphatic carbocycles. The third-order valence-corrected chi connectivity index (χ3v) is 14.7. The number of thiophene rings is 1. The van der Waals surface area contributed by atoms with Gasteiger partial charge in [0.25, 0.3) is 0 Å². The van der Waals surface area contributed by atoms with Gasteiger partial charge in [0.15, 0.2) is 5.84 Å². The Morgan fingerprint density at radius 1 is 0.418 bits per heavy atom. The summed E-state index contributed by atoms with van der Waals surface area (Å²) in [6, 6.07) is 81.0. The van der Waals surface area contributed by atoms with Crippen molar-refractivity contribution < 1.29 is 0 Å². The largest absolute Gasteiger partial charge is 0.344 e. The Morgan fingerprint density at radius 3 is 1.90 bits per heavy atom. The first kappa shape index (κ1) is 37.8. The maximum atomic E-state index is 5.54. The number of benzene rings is 10. The molecule has 14 rings (SSSR count). The fraction of sp³-hybridized carbons (Fsp3) is 0.0164. The number of aliphatic imine (C=N–C) groups is 2. The smallest absolute Gasteiger partial charge is 0.159 e. The molecule has 1 aliphatic rings. The van der Waals surface area contributed by atoms with Crippen molar-refractivity contribution in [3.63, 3.8) is 0 Å². The molecule has 13 aromatic rings. The van der Waals surface area contributed by atoms with Crippen LogP contribution in [0.3, 0.4) is 0 Å². The molecule has 10 aromatic carbocycles. The van der Waals surface area contributed by atoms with Crippen LogP contribution in [0.15, 0.2) is 234 Å². The zero-order valence-electron chi connectivity index (χ0n) is 36.1. The van der Waals surface area contributed by atoms with Gasteiger partial charge in [-0.3, -0.25) is 0 Å². The van der Waals surface area contributed by atoms with Crippen LogP contribution in [0.2, 0.25) is 0 Å². The molecular weight excluding hydrogens is 835 g/mol. The Labute approximate surface area is 389 Å². The minimum atomic E-state index is -0.376. The van der Waals surface area contributed by atoms with E-state index in [-0.39, 0.29) is 6.17 Å². The molecule has 0 saturated heterocycles. The van der Waals surface area contributed by atoms with Crippen molar-refractivity contribution in [2.24, 2.45) is 9.98 Å². The summed E-state index contributed by atoms with van der Waals surface area (Å²) in [6.45, 7) is 0. The van der Waals surface area contributed by atoms with Gasteiger partial charge in [0.2, 0.25) is 0 Å². The number of amidine groups is 2. The average molecular weight is 874 g/mol. The van der Waals surface area contributed by atoms with E-state index in [1.54, 1.807) is 0 Å². The maximum absolute atomic E-state index is 5.54. The van der Waals surface area contributed by atoms with E-state index in [4.69, 9.17) is 9.98 Å². The van der Waals surface area contributed by atoms with E-state index in [2.05, 4.69) is 239 Å². The van der Waals surface area contributed by atoms with Gasteiger partial charge in [0.1, 0.15) is 12.0 Å². The monoisotopic (exact) mass is 873 g/mol. The number of fused-ring (bicyclic) bond motifs is 10. The van der Waals surface area contributed by atoms with Gasteiger partial charge in [-0.1, -0.05) is 152 Å². The van der Waals surface area contributed by atoms with Crippen LogP contribution in [0.5, 0.6) is 0 Å². The molecule has 0 spiro atoms. The highest BCUT2D eigenvalue weighted by molar-refractivity contribution is 7.25. The fourth-order valence-corrected chi connectivity index (χ4v) is 11.7. The normalized spacial score (nSPS) is 14.1. The van der Waals surface area contributed by atoms with Gasteiger partial charge in [-0.2, -0.15) is 0 Å². The Balaban J connectivity index is 1.04.